The van der Waals surface area contributed by atoms with Crippen LogP contribution in [0, 0.1) is 0 Å². The molecule has 0 N–H and O–H groups in total. The van der Waals surface area contributed by atoms with E-state index in [1.165, 1.54) is 11.1 Å². The second kappa shape index (κ2) is 7.20. The van der Waals surface area contributed by atoms with Crippen molar-refractivity contribution in [3.05, 3.63) is 29.3 Å². The summed E-state index contributed by atoms with van der Waals surface area (Å²) in [6.45, 7) is 17.6. The molecule has 0 aliphatic heterocycles. The normalized spacial score (nSPS) is 16.8. The first-order valence-corrected chi connectivity index (χ1v) is 11.3. The van der Waals surface area contributed by atoms with E-state index in [1.54, 1.807) is 7.11 Å². The third kappa shape index (κ3) is 5.01. The van der Waals surface area contributed by atoms with Crippen LogP contribution in [0.3, 0.4) is 0 Å². The van der Waals surface area contributed by atoms with Crippen molar-refractivity contribution in [3.8, 4) is 5.75 Å². The number of thiol groups is 1. The average molecular weight is 355 g/mol. The van der Waals surface area contributed by atoms with E-state index in [-0.39, 0.29) is 15.7 Å². The van der Waals surface area contributed by atoms with Crippen LogP contribution in [0.1, 0.15) is 66.0 Å². The van der Waals surface area contributed by atoms with Crippen molar-refractivity contribution >= 4 is 21.2 Å². The van der Waals surface area contributed by atoms with Gasteiger partial charge in [-0.15, -0.1) is 0 Å². The molecular weight excluding hydrogens is 320 g/mol. The zero-order valence-electron chi connectivity index (χ0n) is 16.3. The predicted octanol–water partition coefficient (Wildman–Crippen LogP) is 5.63. The molecule has 2 atom stereocenters. The first kappa shape index (κ1) is 20.6. The van der Waals surface area contributed by atoms with E-state index in [1.807, 2.05) is 0 Å². The fraction of sp³-hybridized carbons (Fsp3) is 0.684. The molecule has 0 bridgehead atoms. The van der Waals surface area contributed by atoms with E-state index in [0.717, 1.165) is 12.2 Å². The van der Waals surface area contributed by atoms with Crippen LogP contribution < -0.4 is 4.43 Å². The maximum Gasteiger partial charge on any atom is 0.408 e. The Balaban J connectivity index is 3.36. The van der Waals surface area contributed by atoms with Gasteiger partial charge in [0.15, 0.2) is 0 Å². The summed E-state index contributed by atoms with van der Waals surface area (Å²) >= 11 is 4.71. The summed E-state index contributed by atoms with van der Waals surface area (Å²) in [4.78, 5) is 0.141. The highest BCUT2D eigenvalue weighted by molar-refractivity contribution is 7.83. The SMILES string of the molecule is CCC(S)[Si](C)(OC)Oc1ccc(C(C)(C)C)cc1C(C)(C)C. The minimum absolute atomic E-state index is 0.0119. The zero-order chi connectivity index (χ0) is 18.1. The van der Waals surface area contributed by atoms with Crippen molar-refractivity contribution in [3.63, 3.8) is 0 Å². The Morgan fingerprint density at radius 1 is 1.09 bits per heavy atom. The molecule has 0 saturated heterocycles. The molecule has 0 saturated carbocycles. The first-order chi connectivity index (χ1) is 10.3. The molecule has 1 aromatic carbocycles. The van der Waals surface area contributed by atoms with Crippen LogP contribution in [-0.4, -0.2) is 20.5 Å². The molecule has 132 valence electrons. The Labute approximate surface area is 149 Å². The summed E-state index contributed by atoms with van der Waals surface area (Å²) in [6.07, 6.45) is 0.935. The van der Waals surface area contributed by atoms with Crippen LogP contribution in [-0.2, 0) is 15.3 Å². The second-order valence-electron chi connectivity index (χ2n) is 8.46. The third-order valence-electron chi connectivity index (χ3n) is 4.36. The predicted molar refractivity (Wildman–Crippen MR) is 106 cm³/mol. The van der Waals surface area contributed by atoms with Gasteiger partial charge in [-0.25, -0.2) is 0 Å². The maximum absolute atomic E-state index is 6.47. The molecule has 23 heavy (non-hydrogen) atoms. The molecule has 2 unspecified atom stereocenters. The number of hydrogen-bond acceptors (Lipinski definition) is 3. The van der Waals surface area contributed by atoms with Gasteiger partial charge < -0.3 is 8.85 Å². The lowest BCUT2D eigenvalue weighted by atomic mass is 9.80. The number of benzene rings is 1. The first-order valence-electron chi connectivity index (χ1n) is 8.42. The van der Waals surface area contributed by atoms with Gasteiger partial charge in [0.2, 0.25) is 0 Å². The lowest BCUT2D eigenvalue weighted by Gasteiger charge is -2.34. The minimum Gasteiger partial charge on any atom is -0.519 e. The van der Waals surface area contributed by atoms with Gasteiger partial charge in [-0.2, -0.15) is 12.6 Å². The van der Waals surface area contributed by atoms with Crippen LogP contribution in [0.25, 0.3) is 0 Å². The molecule has 0 radical (unpaired) electrons. The van der Waals surface area contributed by atoms with E-state index >= 15 is 0 Å². The Bertz CT molecular complexity index is 531. The smallest absolute Gasteiger partial charge is 0.408 e. The van der Waals surface area contributed by atoms with E-state index < -0.39 is 8.56 Å². The summed E-state index contributed by atoms with van der Waals surface area (Å²) in [6, 6.07) is 6.58. The Morgan fingerprint density at radius 2 is 1.65 bits per heavy atom. The molecule has 0 spiro atoms. The molecule has 1 aromatic rings. The van der Waals surface area contributed by atoms with Crippen molar-refractivity contribution in [2.24, 2.45) is 0 Å². The minimum atomic E-state index is -2.38. The quantitative estimate of drug-likeness (QED) is 0.546. The topological polar surface area (TPSA) is 18.5 Å². The maximum atomic E-state index is 6.47. The Kier molecular flexibility index (Phi) is 6.45. The van der Waals surface area contributed by atoms with Crippen LogP contribution in [0.15, 0.2) is 18.2 Å². The highest BCUT2D eigenvalue weighted by atomic mass is 32.1. The van der Waals surface area contributed by atoms with Gasteiger partial charge >= 0.3 is 8.56 Å². The molecule has 0 aromatic heterocycles. The lowest BCUT2D eigenvalue weighted by molar-refractivity contribution is 0.299. The van der Waals surface area contributed by atoms with E-state index in [0.29, 0.717) is 0 Å². The van der Waals surface area contributed by atoms with Crippen molar-refractivity contribution in [1.29, 1.82) is 0 Å². The number of hydrogen-bond donors (Lipinski definition) is 1. The average Bonchev–Trinajstić information content (AvgIpc) is 2.44. The highest BCUT2D eigenvalue weighted by Crippen LogP contribution is 2.37. The van der Waals surface area contributed by atoms with Crippen molar-refractivity contribution in [2.45, 2.75) is 77.1 Å². The van der Waals surface area contributed by atoms with Gasteiger partial charge in [-0.05, 0) is 41.0 Å². The van der Waals surface area contributed by atoms with Gasteiger partial charge in [0.05, 0.1) is 4.87 Å². The molecule has 0 amide bonds. The molecule has 2 nitrogen and oxygen atoms in total. The molecule has 0 aliphatic rings. The summed E-state index contributed by atoms with van der Waals surface area (Å²) in [5.41, 5.74) is 2.69. The zero-order valence-corrected chi connectivity index (χ0v) is 18.2. The van der Waals surface area contributed by atoms with Crippen molar-refractivity contribution in [2.75, 3.05) is 7.11 Å². The van der Waals surface area contributed by atoms with Crippen molar-refractivity contribution in [1.82, 2.24) is 0 Å². The molecule has 1 rings (SSSR count). The molecular formula is C19H34O2SSi. The lowest BCUT2D eigenvalue weighted by Crippen LogP contribution is -2.50. The van der Waals surface area contributed by atoms with Gasteiger partial charge in [0.25, 0.3) is 0 Å². The Hall–Kier alpha value is -0.453. The standard InChI is InChI=1S/C19H34O2SSi/c1-10-17(22)23(9,20-8)21-16-12-11-14(18(2,3)4)13-15(16)19(5,6)7/h11-13,17,22H,10H2,1-9H3. The van der Waals surface area contributed by atoms with E-state index in [2.05, 4.69) is 73.2 Å². The third-order valence-corrected chi connectivity index (χ3v) is 9.19. The molecule has 4 heteroatoms. The van der Waals surface area contributed by atoms with Crippen molar-refractivity contribution < 1.29 is 8.85 Å². The number of rotatable bonds is 5. The van der Waals surface area contributed by atoms with E-state index in [4.69, 9.17) is 21.5 Å². The highest BCUT2D eigenvalue weighted by Gasteiger charge is 2.40. The fourth-order valence-electron chi connectivity index (χ4n) is 2.51. The van der Waals surface area contributed by atoms with Crippen LogP contribution >= 0.6 is 12.6 Å². The van der Waals surface area contributed by atoms with Gasteiger partial charge in [0.1, 0.15) is 5.75 Å². The largest absolute Gasteiger partial charge is 0.519 e. The van der Waals surface area contributed by atoms with Gasteiger partial charge in [0, 0.05) is 7.11 Å². The molecule has 0 fully saturated rings. The summed E-state index contributed by atoms with van der Waals surface area (Å²) < 4.78 is 12.3. The summed E-state index contributed by atoms with van der Waals surface area (Å²) in [7, 11) is -0.635. The molecule has 0 heterocycles. The van der Waals surface area contributed by atoms with Crippen LogP contribution in [0.4, 0.5) is 0 Å². The second-order valence-corrected chi connectivity index (χ2v) is 12.9. The monoisotopic (exact) mass is 354 g/mol. The summed E-state index contributed by atoms with van der Waals surface area (Å²) in [5.74, 6) is 0.939. The van der Waals surface area contributed by atoms with Gasteiger partial charge in [-0.1, -0.05) is 60.6 Å². The molecule has 0 aliphatic carbocycles. The van der Waals surface area contributed by atoms with Crippen LogP contribution in [0.5, 0.6) is 5.75 Å². The summed E-state index contributed by atoms with van der Waals surface area (Å²) in [5, 5.41) is 0. The van der Waals surface area contributed by atoms with E-state index in [9.17, 15) is 0 Å². The van der Waals surface area contributed by atoms with Gasteiger partial charge in [-0.3, -0.25) is 0 Å². The fourth-order valence-corrected chi connectivity index (χ4v) is 4.83. The Morgan fingerprint density at radius 3 is 2.04 bits per heavy atom. The van der Waals surface area contributed by atoms with Crippen LogP contribution in [0.2, 0.25) is 6.55 Å².